The van der Waals surface area contributed by atoms with Crippen LogP contribution in [0.1, 0.15) is 22.6 Å². The van der Waals surface area contributed by atoms with Crippen LogP contribution >= 0.6 is 0 Å². The van der Waals surface area contributed by atoms with E-state index >= 15 is 0 Å². The number of carbonyl (C=O) groups excluding carboxylic acids is 1. The predicted octanol–water partition coefficient (Wildman–Crippen LogP) is 2.59. The van der Waals surface area contributed by atoms with Gasteiger partial charge in [-0.2, -0.15) is 13.2 Å². The van der Waals surface area contributed by atoms with Crippen LogP contribution in [0, 0.1) is 0 Å². The van der Waals surface area contributed by atoms with Crippen LogP contribution in [0.3, 0.4) is 0 Å². The molecule has 5 heteroatoms. The Morgan fingerprint density at radius 1 is 0.950 bits per heavy atom. The summed E-state index contributed by atoms with van der Waals surface area (Å²) in [7, 11) is 0. The molecule has 0 saturated heterocycles. The summed E-state index contributed by atoms with van der Waals surface area (Å²) in [5.41, 5.74) is -0.449. The van der Waals surface area contributed by atoms with E-state index in [1.807, 2.05) is 0 Å². The van der Waals surface area contributed by atoms with Crippen LogP contribution in [0.4, 0.5) is 13.2 Å². The van der Waals surface area contributed by atoms with Gasteiger partial charge in [0.25, 0.3) is 0 Å². The number of benzene rings is 2. The Kier molecular flexibility index (Phi) is 3.79. The van der Waals surface area contributed by atoms with Gasteiger partial charge < -0.3 is 9.90 Å². The van der Waals surface area contributed by atoms with Gasteiger partial charge in [-0.3, -0.25) is 0 Å². The van der Waals surface area contributed by atoms with Gasteiger partial charge in [-0.05, 0) is 17.2 Å². The van der Waals surface area contributed by atoms with Crippen molar-refractivity contribution < 1.29 is 23.1 Å². The summed E-state index contributed by atoms with van der Waals surface area (Å²) in [5.74, 6) is -2.66. The fourth-order valence-corrected chi connectivity index (χ4v) is 2.00. The van der Waals surface area contributed by atoms with E-state index in [2.05, 4.69) is 0 Å². The molecular weight excluding hydrogens is 269 g/mol. The molecule has 0 spiro atoms. The fourth-order valence-electron chi connectivity index (χ4n) is 2.00. The van der Waals surface area contributed by atoms with Crippen LogP contribution < -0.4 is 5.11 Å². The van der Waals surface area contributed by atoms with Gasteiger partial charge in [-0.1, -0.05) is 48.5 Å². The smallest absolute Gasteiger partial charge is 0.416 e. The molecule has 0 aliphatic rings. The average Bonchev–Trinajstić information content (AvgIpc) is 2.39. The minimum Gasteiger partial charge on any atom is -0.549 e. The summed E-state index contributed by atoms with van der Waals surface area (Å²) in [6.45, 7) is 0. The minimum absolute atomic E-state index is 0.0472. The number of hydrogen-bond acceptors (Lipinski definition) is 2. The van der Waals surface area contributed by atoms with E-state index in [1.54, 1.807) is 30.3 Å². The first kappa shape index (κ1) is 14.1. The molecule has 0 aliphatic heterocycles. The number of hydrogen-bond donors (Lipinski definition) is 0. The van der Waals surface area contributed by atoms with Crippen molar-refractivity contribution in [3.8, 4) is 0 Å². The molecule has 0 amide bonds. The Labute approximate surface area is 113 Å². The second kappa shape index (κ2) is 5.36. The van der Waals surface area contributed by atoms with Crippen molar-refractivity contribution in [2.45, 2.75) is 12.1 Å². The highest BCUT2D eigenvalue weighted by Gasteiger charge is 2.31. The molecule has 2 nitrogen and oxygen atoms in total. The first-order chi connectivity index (χ1) is 9.39. The molecule has 2 rings (SSSR count). The maximum Gasteiger partial charge on any atom is 0.416 e. The summed E-state index contributed by atoms with van der Waals surface area (Å²) in [6, 6.07) is 12.3. The van der Waals surface area contributed by atoms with Crippen molar-refractivity contribution in [3.63, 3.8) is 0 Å². The molecule has 2 aromatic carbocycles. The van der Waals surface area contributed by atoms with E-state index in [1.165, 1.54) is 12.1 Å². The zero-order valence-corrected chi connectivity index (χ0v) is 10.2. The largest absolute Gasteiger partial charge is 0.549 e. The maximum atomic E-state index is 12.7. The average molecular weight is 279 g/mol. The lowest BCUT2D eigenvalue weighted by Crippen LogP contribution is -2.30. The van der Waals surface area contributed by atoms with Crippen molar-refractivity contribution in [3.05, 3.63) is 71.3 Å². The maximum absolute atomic E-state index is 12.7. The number of carboxylic acid groups (broad SMARTS) is 1. The molecule has 1 atom stereocenters. The molecule has 0 radical (unpaired) electrons. The van der Waals surface area contributed by atoms with E-state index in [-0.39, 0.29) is 5.56 Å². The van der Waals surface area contributed by atoms with Gasteiger partial charge in [0.1, 0.15) is 0 Å². The van der Waals surface area contributed by atoms with Crippen LogP contribution in [0.15, 0.2) is 54.6 Å². The normalized spacial score (nSPS) is 12.9. The van der Waals surface area contributed by atoms with Crippen molar-refractivity contribution >= 4 is 5.97 Å². The Hall–Kier alpha value is -2.30. The third kappa shape index (κ3) is 2.99. The van der Waals surface area contributed by atoms with E-state index < -0.39 is 23.6 Å². The van der Waals surface area contributed by atoms with Gasteiger partial charge in [0.05, 0.1) is 11.5 Å². The summed E-state index contributed by atoms with van der Waals surface area (Å²) in [5, 5.41) is 11.3. The van der Waals surface area contributed by atoms with E-state index in [4.69, 9.17) is 0 Å². The highest BCUT2D eigenvalue weighted by Crippen LogP contribution is 2.32. The van der Waals surface area contributed by atoms with Crippen molar-refractivity contribution in [1.29, 1.82) is 0 Å². The third-order valence-electron chi connectivity index (χ3n) is 2.92. The highest BCUT2D eigenvalue weighted by atomic mass is 19.4. The molecule has 0 heterocycles. The number of rotatable bonds is 3. The topological polar surface area (TPSA) is 40.1 Å². The number of carboxylic acids is 1. The van der Waals surface area contributed by atoms with Crippen LogP contribution in [0.5, 0.6) is 0 Å². The van der Waals surface area contributed by atoms with Gasteiger partial charge in [-0.25, -0.2) is 0 Å². The van der Waals surface area contributed by atoms with Gasteiger partial charge in [-0.15, -0.1) is 0 Å². The standard InChI is InChI=1S/C15H11F3O2/c16-15(17,18)12-8-4-7-11(9-12)13(14(19)20)10-5-2-1-3-6-10/h1-9,13H,(H,19,20)/p-1. The molecule has 0 saturated carbocycles. The van der Waals surface area contributed by atoms with Gasteiger partial charge in [0.15, 0.2) is 0 Å². The molecular formula is C15H10F3O2-. The molecule has 0 bridgehead atoms. The third-order valence-corrected chi connectivity index (χ3v) is 2.92. The Morgan fingerprint density at radius 2 is 1.55 bits per heavy atom. The first-order valence-electron chi connectivity index (χ1n) is 5.82. The van der Waals surface area contributed by atoms with Gasteiger partial charge >= 0.3 is 6.18 Å². The summed E-state index contributed by atoms with van der Waals surface area (Å²) in [6.07, 6.45) is -4.51. The molecule has 0 fully saturated rings. The van der Waals surface area contributed by atoms with E-state index in [0.717, 1.165) is 12.1 Å². The Bertz CT molecular complexity index is 606. The monoisotopic (exact) mass is 279 g/mol. The molecule has 1 unspecified atom stereocenters. The van der Waals surface area contributed by atoms with Crippen LogP contribution in [-0.2, 0) is 11.0 Å². The molecule has 2 aromatic rings. The number of aliphatic carboxylic acids is 1. The first-order valence-corrected chi connectivity index (χ1v) is 5.82. The van der Waals surface area contributed by atoms with Gasteiger partial charge in [0.2, 0.25) is 0 Å². The van der Waals surface area contributed by atoms with Crippen LogP contribution in [0.25, 0.3) is 0 Å². The lowest BCUT2D eigenvalue weighted by atomic mass is 9.90. The second-order valence-corrected chi connectivity index (χ2v) is 4.29. The predicted molar refractivity (Wildman–Crippen MR) is 64.7 cm³/mol. The minimum atomic E-state index is -4.51. The van der Waals surface area contributed by atoms with Crippen LogP contribution in [0.2, 0.25) is 0 Å². The quantitative estimate of drug-likeness (QED) is 0.866. The van der Waals surface area contributed by atoms with Crippen molar-refractivity contribution in [1.82, 2.24) is 0 Å². The number of halogens is 3. The zero-order chi connectivity index (χ0) is 14.8. The lowest BCUT2D eigenvalue weighted by Gasteiger charge is -2.20. The van der Waals surface area contributed by atoms with E-state index in [0.29, 0.717) is 5.56 Å². The second-order valence-electron chi connectivity index (χ2n) is 4.29. The molecule has 0 N–H and O–H groups in total. The molecule has 20 heavy (non-hydrogen) atoms. The number of carbonyl (C=O) groups is 1. The summed E-state index contributed by atoms with van der Waals surface area (Å²) >= 11 is 0. The van der Waals surface area contributed by atoms with Crippen molar-refractivity contribution in [2.24, 2.45) is 0 Å². The molecule has 0 aromatic heterocycles. The van der Waals surface area contributed by atoms with E-state index in [9.17, 15) is 23.1 Å². The lowest BCUT2D eigenvalue weighted by molar-refractivity contribution is -0.306. The Morgan fingerprint density at radius 3 is 2.10 bits per heavy atom. The molecule has 0 aliphatic carbocycles. The van der Waals surface area contributed by atoms with Gasteiger partial charge in [0, 0.05) is 5.92 Å². The highest BCUT2D eigenvalue weighted by molar-refractivity contribution is 5.78. The SMILES string of the molecule is O=C([O-])C(c1ccccc1)c1cccc(C(F)(F)F)c1. The zero-order valence-electron chi connectivity index (χ0n) is 10.2. The summed E-state index contributed by atoms with van der Waals surface area (Å²) < 4.78 is 38.0. The number of alkyl halides is 3. The summed E-state index contributed by atoms with van der Waals surface area (Å²) in [4.78, 5) is 11.3. The molecule has 104 valence electrons. The fraction of sp³-hybridized carbons (Fsp3) is 0.133. The van der Waals surface area contributed by atoms with Crippen LogP contribution in [-0.4, -0.2) is 5.97 Å². The van der Waals surface area contributed by atoms with Crippen molar-refractivity contribution in [2.75, 3.05) is 0 Å². The Balaban J connectivity index is 2.49.